The lowest BCUT2D eigenvalue weighted by Gasteiger charge is -2.29. The molecule has 1 saturated heterocycles. The number of piperidine rings is 1. The number of rotatable bonds is 12. The fourth-order valence-electron chi connectivity index (χ4n) is 6.08. The Morgan fingerprint density at radius 1 is 0.950 bits per heavy atom. The molecule has 18 heteroatoms. The molecular formula is C42H46BrClF3N9O4. The van der Waals surface area contributed by atoms with Crippen LogP contribution in [0.5, 0.6) is 0 Å². The van der Waals surface area contributed by atoms with Gasteiger partial charge in [0.15, 0.2) is 0 Å². The number of aliphatic hydroxyl groups excluding tert-OH is 2. The first-order valence-electron chi connectivity index (χ1n) is 18.9. The van der Waals surface area contributed by atoms with Crippen molar-refractivity contribution < 1.29 is 54.5 Å². The van der Waals surface area contributed by atoms with Crippen molar-refractivity contribution in [2.45, 2.75) is 51.5 Å². The molecule has 2 amide bonds. The highest BCUT2D eigenvalue weighted by molar-refractivity contribution is 6.31. The number of hydrogen-bond donors (Lipinski definition) is 4. The molecule has 0 spiro atoms. The summed E-state index contributed by atoms with van der Waals surface area (Å²) in [6.45, 7) is 3.49. The van der Waals surface area contributed by atoms with Crippen molar-refractivity contribution in [3.05, 3.63) is 143 Å². The van der Waals surface area contributed by atoms with E-state index in [-0.39, 0.29) is 47.0 Å². The van der Waals surface area contributed by atoms with E-state index in [1.165, 1.54) is 6.07 Å². The van der Waals surface area contributed by atoms with Gasteiger partial charge in [0.25, 0.3) is 11.8 Å². The summed E-state index contributed by atoms with van der Waals surface area (Å²) in [6, 6.07) is 15.6. The molecule has 318 valence electrons. The number of allylic oxidation sites excluding steroid dienone is 1. The van der Waals surface area contributed by atoms with E-state index < -0.39 is 28.6 Å². The standard InChI is InChI=1S/C33H32ClF3N6O3.C5H8N2O.C4H5N.BrH/c34-29-9-7-23(18-28(29)33(35,36)37)20-38-40-32(46)27-19-26(43-11-2-1-3-12-43)8-10-30(27)39-31(45)25-6-4-5-24(17-25)21-42-14-13-41(22-42)15-16-44;8-4-3-7-2-1-6-5-7;1-2-4-5-3-1;/h4-10,13-14,17-20,22,44H,1-3,11-12,15-16,21H2,(H-,39,40,45,46);1-2,5,8H,3-4H2;1,3-4H,2H2;1H/b38-20+;;;. The number of benzene rings is 3. The molecule has 60 heavy (non-hydrogen) atoms. The number of amides is 2. The summed E-state index contributed by atoms with van der Waals surface area (Å²) in [5.74, 6) is -1.07. The van der Waals surface area contributed by atoms with Gasteiger partial charge < -0.3 is 42.0 Å². The van der Waals surface area contributed by atoms with Crippen LogP contribution in [0.2, 0.25) is 5.02 Å². The van der Waals surface area contributed by atoms with Crippen LogP contribution in [0.1, 0.15) is 63.1 Å². The van der Waals surface area contributed by atoms with Gasteiger partial charge in [0.2, 0.25) is 6.33 Å². The Kier molecular flexibility index (Phi) is 18.7. The Labute approximate surface area is 361 Å². The number of carbonyl (C=O) groups is 2. The maximum Gasteiger partial charge on any atom is 0.417 e. The number of halogens is 5. The van der Waals surface area contributed by atoms with Gasteiger partial charge in [0, 0.05) is 62.1 Å². The Hall–Kier alpha value is -5.62. The highest BCUT2D eigenvalue weighted by Crippen LogP contribution is 2.35. The van der Waals surface area contributed by atoms with Crippen molar-refractivity contribution in [2.75, 3.05) is 36.5 Å². The SMILES string of the molecule is C1=CN=CC1.O=C(Nc1ccc(N2CCCCC2)cc1C(=O)N/N=C/c1ccc(Cl)c(C(F)(F)F)c1)c1cccc(C[n+]2ccn(CCO)c2)c1.OCCn1ccnc1.[Br-]. The summed E-state index contributed by atoms with van der Waals surface area (Å²) >= 11 is 5.70. The Balaban J connectivity index is 0.000000481. The second kappa shape index (κ2) is 23.8. The van der Waals surface area contributed by atoms with Crippen LogP contribution in [0.15, 0.2) is 120 Å². The molecule has 2 aliphatic rings. The highest BCUT2D eigenvalue weighted by Gasteiger charge is 2.33. The first-order valence-corrected chi connectivity index (χ1v) is 19.3. The molecule has 0 atom stereocenters. The topological polar surface area (TPSA) is 153 Å². The van der Waals surface area contributed by atoms with Crippen molar-refractivity contribution >= 4 is 47.2 Å². The van der Waals surface area contributed by atoms with E-state index in [9.17, 15) is 22.8 Å². The zero-order valence-corrected chi connectivity index (χ0v) is 34.9. The fraction of sp³-hybridized carbons (Fsp3) is 0.286. The van der Waals surface area contributed by atoms with Crippen LogP contribution in [0.25, 0.3) is 0 Å². The van der Waals surface area contributed by atoms with E-state index >= 15 is 0 Å². The third-order valence-corrected chi connectivity index (χ3v) is 9.34. The summed E-state index contributed by atoms with van der Waals surface area (Å²) in [7, 11) is 0. The van der Waals surface area contributed by atoms with E-state index in [4.69, 9.17) is 21.8 Å². The van der Waals surface area contributed by atoms with Gasteiger partial charge in [-0.3, -0.25) is 14.6 Å². The number of carbonyl (C=O) groups excluding carboxylic acids is 2. The molecule has 4 heterocycles. The Morgan fingerprint density at radius 3 is 2.40 bits per heavy atom. The summed E-state index contributed by atoms with van der Waals surface area (Å²) in [5.41, 5.74) is 3.95. The molecule has 0 bridgehead atoms. The maximum atomic E-state index is 13.4. The number of anilines is 2. The third-order valence-electron chi connectivity index (χ3n) is 9.01. The average molecular weight is 913 g/mol. The van der Waals surface area contributed by atoms with Crippen LogP contribution >= 0.6 is 11.6 Å². The summed E-state index contributed by atoms with van der Waals surface area (Å²) in [4.78, 5) is 36.5. The van der Waals surface area contributed by atoms with E-state index in [0.717, 1.165) is 68.4 Å². The monoisotopic (exact) mass is 911 g/mol. The van der Waals surface area contributed by atoms with Gasteiger partial charge in [0.05, 0.1) is 47.6 Å². The number of hydrazone groups is 1. The minimum absolute atomic E-state index is 0. The van der Waals surface area contributed by atoms with Crippen LogP contribution in [-0.2, 0) is 25.8 Å². The van der Waals surface area contributed by atoms with E-state index in [1.807, 2.05) is 63.0 Å². The van der Waals surface area contributed by atoms with Gasteiger partial charge in [-0.2, -0.15) is 18.3 Å². The molecule has 5 aromatic rings. The first-order chi connectivity index (χ1) is 28.5. The lowest BCUT2D eigenvalue weighted by Crippen LogP contribution is -3.00. The molecule has 2 aliphatic heterocycles. The van der Waals surface area contributed by atoms with Gasteiger partial charge in [0.1, 0.15) is 25.5 Å². The maximum absolute atomic E-state index is 13.4. The summed E-state index contributed by atoms with van der Waals surface area (Å²) in [6.07, 6.45) is 17.1. The number of imidazole rings is 2. The highest BCUT2D eigenvalue weighted by atomic mass is 79.9. The molecule has 0 unspecified atom stereocenters. The smallest absolute Gasteiger partial charge is 0.417 e. The Morgan fingerprint density at radius 2 is 1.73 bits per heavy atom. The van der Waals surface area contributed by atoms with Crippen LogP contribution in [-0.4, -0.2) is 74.9 Å². The number of nitrogens with zero attached hydrogens (tertiary/aromatic N) is 7. The number of aliphatic imine (C=N–C) groups is 1. The van der Waals surface area contributed by atoms with Crippen molar-refractivity contribution in [3.63, 3.8) is 0 Å². The molecule has 7 rings (SSSR count). The van der Waals surface area contributed by atoms with E-state index in [0.29, 0.717) is 25.2 Å². The van der Waals surface area contributed by atoms with Gasteiger partial charge in [-0.1, -0.05) is 35.9 Å². The van der Waals surface area contributed by atoms with Crippen molar-refractivity contribution in [2.24, 2.45) is 10.1 Å². The minimum atomic E-state index is -4.64. The Bertz CT molecular complexity index is 2210. The lowest BCUT2D eigenvalue weighted by atomic mass is 10.1. The van der Waals surface area contributed by atoms with E-state index in [1.54, 1.807) is 49.1 Å². The number of alkyl halides is 3. The molecule has 4 N–H and O–H groups in total. The number of nitrogens with one attached hydrogen (secondary N) is 2. The number of aliphatic hydroxyl groups is 2. The molecular weight excluding hydrogens is 867 g/mol. The van der Waals surface area contributed by atoms with Crippen molar-refractivity contribution in [1.82, 2.24) is 19.5 Å². The summed E-state index contributed by atoms with van der Waals surface area (Å²) in [5, 5.41) is 23.8. The van der Waals surface area contributed by atoms with Crippen LogP contribution in [0.3, 0.4) is 0 Å². The quantitative estimate of drug-likeness (QED) is 0.0857. The first kappa shape index (κ1) is 47.1. The molecule has 13 nitrogen and oxygen atoms in total. The lowest BCUT2D eigenvalue weighted by molar-refractivity contribution is -0.687. The van der Waals surface area contributed by atoms with Crippen molar-refractivity contribution in [3.8, 4) is 0 Å². The van der Waals surface area contributed by atoms with Crippen LogP contribution in [0, 0.1) is 0 Å². The number of aromatic nitrogens is 4. The van der Waals surface area contributed by atoms with Gasteiger partial charge >= 0.3 is 6.18 Å². The predicted molar refractivity (Wildman–Crippen MR) is 221 cm³/mol. The van der Waals surface area contributed by atoms with Crippen LogP contribution in [0.4, 0.5) is 24.5 Å². The normalized spacial score (nSPS) is 13.2. The average Bonchev–Trinajstić information content (AvgIpc) is 4.06. The molecule has 2 aromatic heterocycles. The minimum Gasteiger partial charge on any atom is -1.00 e. The molecule has 3 aromatic carbocycles. The fourth-order valence-corrected chi connectivity index (χ4v) is 6.30. The van der Waals surface area contributed by atoms with Crippen molar-refractivity contribution in [1.29, 1.82) is 0 Å². The predicted octanol–water partition coefficient (Wildman–Crippen LogP) is 3.35. The molecule has 1 fully saturated rings. The second-order valence-corrected chi connectivity index (χ2v) is 13.8. The zero-order chi connectivity index (χ0) is 42.0. The van der Waals surface area contributed by atoms with Gasteiger partial charge in [-0.15, -0.1) is 0 Å². The second-order valence-electron chi connectivity index (χ2n) is 13.4. The van der Waals surface area contributed by atoms with E-state index in [2.05, 4.69) is 30.7 Å². The summed E-state index contributed by atoms with van der Waals surface area (Å²) < 4.78 is 45.4. The molecule has 0 saturated carbocycles. The molecule has 0 aliphatic carbocycles. The zero-order valence-electron chi connectivity index (χ0n) is 32.6. The largest absolute Gasteiger partial charge is 1.00 e. The molecule has 0 radical (unpaired) electrons. The number of hydrogen-bond acceptors (Lipinski definition) is 8. The van der Waals surface area contributed by atoms with Gasteiger partial charge in [-0.25, -0.2) is 19.5 Å². The third kappa shape index (κ3) is 14.6. The van der Waals surface area contributed by atoms with Gasteiger partial charge in [-0.05, 0) is 72.9 Å². The van der Waals surface area contributed by atoms with Crippen LogP contribution < -0.4 is 37.2 Å².